The van der Waals surface area contributed by atoms with E-state index in [1.165, 1.54) is 24.3 Å². The number of hydrogen-bond donors (Lipinski definition) is 0. The lowest BCUT2D eigenvalue weighted by atomic mass is 10.1. The third-order valence-electron chi connectivity index (χ3n) is 2.36. The van der Waals surface area contributed by atoms with Crippen LogP contribution in [0, 0.1) is 11.3 Å². The van der Waals surface area contributed by atoms with Crippen molar-refractivity contribution in [3.05, 3.63) is 41.0 Å². The van der Waals surface area contributed by atoms with Crippen LogP contribution in [0.1, 0.15) is 11.1 Å². The van der Waals surface area contributed by atoms with Crippen LogP contribution >= 0.6 is 0 Å². The van der Waals surface area contributed by atoms with E-state index < -0.39 is 17.5 Å². The molecular weight excluding hydrogens is 222 g/mol. The number of ether oxygens (including phenoxy) is 1. The molecular formula is C12H6NO4-. The number of carbonyl (C=O) groups excluding carboxylic acids is 2. The van der Waals surface area contributed by atoms with E-state index in [1.54, 1.807) is 0 Å². The number of carbonyl (C=O) groups is 2. The van der Waals surface area contributed by atoms with Gasteiger partial charge < -0.3 is 9.84 Å². The van der Waals surface area contributed by atoms with Crippen LogP contribution in [0.2, 0.25) is 0 Å². The number of nitrogens with zero attached hydrogens (tertiary/aromatic N) is 1. The van der Waals surface area contributed by atoms with Gasteiger partial charge in [-0.2, -0.15) is 5.26 Å². The largest absolute Gasteiger partial charge is 0.872 e. The number of hydrogen-bond acceptors (Lipinski definition) is 5. The Morgan fingerprint density at radius 2 is 1.94 bits per heavy atom. The topological polar surface area (TPSA) is 90.2 Å². The van der Waals surface area contributed by atoms with E-state index in [1.807, 2.05) is 6.07 Å². The van der Waals surface area contributed by atoms with Crippen LogP contribution in [0.5, 0.6) is 0 Å². The molecule has 0 amide bonds. The summed E-state index contributed by atoms with van der Waals surface area (Å²) in [5.74, 6) is -2.42. The molecule has 1 aliphatic heterocycles. The number of rotatable bonds is 1. The van der Waals surface area contributed by atoms with Crippen molar-refractivity contribution in [1.82, 2.24) is 0 Å². The van der Waals surface area contributed by atoms with Crippen molar-refractivity contribution >= 4 is 17.5 Å². The Hall–Kier alpha value is -2.61. The standard InChI is InChI=1S/C12H7NO4/c13-5-7-1-3-8(4-2-7)10(14)9-6-17-12(16)11(9)15/h1-4,14H,6H2/p-1/b10-9-. The monoisotopic (exact) mass is 228 g/mol. The second-order valence-electron chi connectivity index (χ2n) is 3.40. The van der Waals surface area contributed by atoms with Crippen LogP contribution < -0.4 is 5.11 Å². The second kappa shape index (κ2) is 4.10. The minimum absolute atomic E-state index is 0.167. The summed E-state index contributed by atoms with van der Waals surface area (Å²) in [6, 6.07) is 7.72. The molecule has 0 aromatic heterocycles. The van der Waals surface area contributed by atoms with E-state index in [0.29, 0.717) is 5.56 Å². The first kappa shape index (κ1) is 10.9. The number of ketones is 1. The highest BCUT2D eigenvalue weighted by Crippen LogP contribution is 2.19. The molecule has 1 heterocycles. The zero-order valence-electron chi connectivity index (χ0n) is 8.60. The first-order valence-electron chi connectivity index (χ1n) is 4.75. The molecule has 0 aliphatic carbocycles. The smallest absolute Gasteiger partial charge is 0.379 e. The first-order chi connectivity index (χ1) is 8.13. The number of Topliss-reactive ketones (excluding diaryl/α,β-unsaturated/α-hetero) is 1. The summed E-state index contributed by atoms with van der Waals surface area (Å²) in [7, 11) is 0. The van der Waals surface area contributed by atoms with Crippen molar-refractivity contribution in [2.24, 2.45) is 0 Å². The molecule has 5 nitrogen and oxygen atoms in total. The van der Waals surface area contributed by atoms with Crippen molar-refractivity contribution < 1.29 is 19.4 Å². The molecule has 84 valence electrons. The normalized spacial score (nSPS) is 17.6. The predicted molar refractivity (Wildman–Crippen MR) is 54.0 cm³/mol. The highest BCUT2D eigenvalue weighted by atomic mass is 16.5. The quantitative estimate of drug-likeness (QED) is 0.286. The van der Waals surface area contributed by atoms with Crippen molar-refractivity contribution in [2.45, 2.75) is 0 Å². The molecule has 0 radical (unpaired) electrons. The van der Waals surface area contributed by atoms with Gasteiger partial charge in [0.15, 0.2) is 0 Å². The van der Waals surface area contributed by atoms with Gasteiger partial charge >= 0.3 is 5.97 Å². The molecule has 0 atom stereocenters. The van der Waals surface area contributed by atoms with E-state index in [2.05, 4.69) is 4.74 Å². The lowest BCUT2D eigenvalue weighted by molar-refractivity contribution is -0.245. The van der Waals surface area contributed by atoms with E-state index in [4.69, 9.17) is 5.26 Å². The second-order valence-corrected chi connectivity index (χ2v) is 3.40. The fourth-order valence-corrected chi connectivity index (χ4v) is 1.43. The van der Waals surface area contributed by atoms with Gasteiger partial charge in [0.05, 0.1) is 11.6 Å². The Morgan fingerprint density at radius 3 is 2.41 bits per heavy atom. The van der Waals surface area contributed by atoms with Gasteiger partial charge in [-0.1, -0.05) is 17.9 Å². The maximum atomic E-state index is 11.8. The molecule has 0 spiro atoms. The zero-order chi connectivity index (χ0) is 12.4. The summed E-state index contributed by atoms with van der Waals surface area (Å²) in [5.41, 5.74) is 0.502. The molecule has 1 aromatic rings. The Morgan fingerprint density at radius 1 is 1.29 bits per heavy atom. The third kappa shape index (κ3) is 1.88. The van der Waals surface area contributed by atoms with Crippen molar-refractivity contribution in [2.75, 3.05) is 6.61 Å². The van der Waals surface area contributed by atoms with Gasteiger partial charge in [-0.3, -0.25) is 4.79 Å². The van der Waals surface area contributed by atoms with Gasteiger partial charge in [0.2, 0.25) is 0 Å². The molecule has 0 N–H and O–H groups in total. The van der Waals surface area contributed by atoms with Crippen LogP contribution in [-0.4, -0.2) is 18.4 Å². The molecule has 0 saturated carbocycles. The fourth-order valence-electron chi connectivity index (χ4n) is 1.43. The zero-order valence-corrected chi connectivity index (χ0v) is 8.60. The van der Waals surface area contributed by atoms with E-state index >= 15 is 0 Å². The van der Waals surface area contributed by atoms with Crippen LogP contribution in [0.15, 0.2) is 29.8 Å². The lowest BCUT2D eigenvalue weighted by Crippen LogP contribution is -2.13. The SMILES string of the molecule is N#Cc1ccc(/C([O-])=C2\COC(=O)C2=O)cc1. The molecule has 0 bridgehead atoms. The molecule has 5 heteroatoms. The highest BCUT2D eigenvalue weighted by Gasteiger charge is 2.29. The molecule has 1 fully saturated rings. The Bertz CT molecular complexity index is 563. The van der Waals surface area contributed by atoms with E-state index in [0.717, 1.165) is 0 Å². The summed E-state index contributed by atoms with van der Waals surface area (Å²) in [5, 5.41) is 20.4. The molecule has 1 aliphatic rings. The Kier molecular flexibility index (Phi) is 2.63. The minimum atomic E-state index is -0.998. The number of benzene rings is 1. The van der Waals surface area contributed by atoms with E-state index in [-0.39, 0.29) is 17.7 Å². The van der Waals surface area contributed by atoms with Gasteiger partial charge in [-0.15, -0.1) is 0 Å². The Labute approximate surface area is 96.5 Å². The van der Waals surface area contributed by atoms with Gasteiger partial charge in [0.25, 0.3) is 5.78 Å². The van der Waals surface area contributed by atoms with Gasteiger partial charge in [0.1, 0.15) is 6.61 Å². The molecule has 1 saturated heterocycles. The summed E-state index contributed by atoms with van der Waals surface area (Å²) in [6.45, 7) is -0.281. The first-order valence-corrected chi connectivity index (χ1v) is 4.75. The molecule has 17 heavy (non-hydrogen) atoms. The van der Waals surface area contributed by atoms with Crippen LogP contribution in [0.25, 0.3) is 5.76 Å². The predicted octanol–water partition coefficient (Wildman–Crippen LogP) is -0.244. The Balaban J connectivity index is 2.40. The van der Waals surface area contributed by atoms with Gasteiger partial charge in [0, 0.05) is 5.57 Å². The van der Waals surface area contributed by atoms with Crippen LogP contribution in [0.4, 0.5) is 0 Å². The lowest BCUT2D eigenvalue weighted by Gasteiger charge is -2.13. The molecule has 2 rings (SSSR count). The average molecular weight is 228 g/mol. The van der Waals surface area contributed by atoms with Crippen LogP contribution in [0.3, 0.4) is 0 Å². The fraction of sp³-hybridized carbons (Fsp3) is 0.0833. The van der Waals surface area contributed by atoms with Crippen LogP contribution in [-0.2, 0) is 14.3 Å². The van der Waals surface area contributed by atoms with Crippen molar-refractivity contribution in [3.63, 3.8) is 0 Å². The molecule has 0 unspecified atom stereocenters. The van der Waals surface area contributed by atoms with Gasteiger partial charge in [-0.25, -0.2) is 4.79 Å². The maximum absolute atomic E-state index is 11.8. The number of cyclic esters (lactones) is 1. The third-order valence-corrected chi connectivity index (χ3v) is 2.36. The number of nitriles is 1. The van der Waals surface area contributed by atoms with Crippen molar-refractivity contribution in [1.29, 1.82) is 5.26 Å². The summed E-state index contributed by atoms with van der Waals surface area (Å²) >= 11 is 0. The van der Waals surface area contributed by atoms with E-state index in [9.17, 15) is 14.7 Å². The number of esters is 1. The average Bonchev–Trinajstić information content (AvgIpc) is 2.69. The maximum Gasteiger partial charge on any atom is 0.379 e. The van der Waals surface area contributed by atoms with Gasteiger partial charge in [-0.05, 0) is 17.7 Å². The summed E-state index contributed by atoms with van der Waals surface area (Å²) < 4.78 is 4.47. The van der Waals surface area contributed by atoms with Crippen molar-refractivity contribution in [3.8, 4) is 6.07 Å². The summed E-state index contributed by atoms with van der Waals surface area (Å²) in [6.07, 6.45) is 0. The highest BCUT2D eigenvalue weighted by molar-refractivity contribution is 6.43. The summed E-state index contributed by atoms with van der Waals surface area (Å²) in [4.78, 5) is 22.1. The molecule has 1 aromatic carbocycles. The minimum Gasteiger partial charge on any atom is -0.872 e.